The molecule has 0 bridgehead atoms. The number of hydrogen-bond acceptors (Lipinski definition) is 2. The maximum Gasteiger partial charge on any atom is 0.115 e. The van der Waals surface area contributed by atoms with Gasteiger partial charge in [-0.05, 0) is 24.3 Å². The fraction of sp³-hybridized carbons (Fsp3) is 0.250. The average molecular weight is 248 g/mol. The van der Waals surface area contributed by atoms with Crippen LogP contribution in [0.25, 0.3) is 0 Å². The summed E-state index contributed by atoms with van der Waals surface area (Å²) in [6, 6.07) is 17.4. The quantitative estimate of drug-likeness (QED) is 0.700. The minimum Gasteiger partial charge on any atom is -0.508 e. The lowest BCUT2D eigenvalue weighted by atomic mass is 10.3. The third-order valence-corrected chi connectivity index (χ3v) is 1.51. The van der Waals surface area contributed by atoms with Crippen molar-refractivity contribution in [3.63, 3.8) is 0 Å². The Morgan fingerprint density at radius 3 is 1.00 bits per heavy atom. The normalized spacial score (nSPS) is 7.67. The first-order valence-corrected chi connectivity index (χ1v) is 5.68. The van der Waals surface area contributed by atoms with Gasteiger partial charge in [0.2, 0.25) is 0 Å². The zero-order valence-corrected chi connectivity index (χ0v) is 10.4. The van der Waals surface area contributed by atoms with Gasteiger partial charge in [0.15, 0.2) is 0 Å². The number of benzene rings is 2. The summed E-state index contributed by atoms with van der Waals surface area (Å²) in [5.41, 5.74) is 0. The Bertz CT molecular complexity index is 320. The highest BCUT2D eigenvalue weighted by molar-refractivity contribution is 5.19. The molecular formula is C16H24O2. The molecule has 0 heterocycles. The zero-order chi connectivity index (χ0) is 12.9. The zero-order valence-electron chi connectivity index (χ0n) is 10.4. The van der Waals surface area contributed by atoms with Crippen molar-refractivity contribution in [2.24, 2.45) is 0 Å². The molecule has 18 heavy (non-hydrogen) atoms. The molecule has 0 aliphatic carbocycles. The summed E-state index contributed by atoms with van der Waals surface area (Å²) in [6.45, 7) is 4.25. The summed E-state index contributed by atoms with van der Waals surface area (Å²) < 4.78 is 0. The highest BCUT2D eigenvalue weighted by Gasteiger charge is 1.75. The van der Waals surface area contributed by atoms with Crippen LogP contribution in [0, 0.1) is 0 Å². The summed E-state index contributed by atoms with van der Waals surface area (Å²) in [5.74, 6) is 0.644. The average Bonchev–Trinajstić information content (AvgIpc) is 2.33. The molecule has 0 aliphatic heterocycles. The Kier molecular flexibility index (Phi) is 13.4. The summed E-state index contributed by atoms with van der Waals surface area (Å²) >= 11 is 0. The van der Waals surface area contributed by atoms with Gasteiger partial charge in [0.1, 0.15) is 11.5 Å². The minimum atomic E-state index is 0. The van der Waals surface area contributed by atoms with Crippen molar-refractivity contribution >= 4 is 0 Å². The van der Waals surface area contributed by atoms with E-state index in [9.17, 15) is 0 Å². The summed E-state index contributed by atoms with van der Waals surface area (Å²) in [7, 11) is 0. The fourth-order valence-corrected chi connectivity index (χ4v) is 0.856. The smallest absolute Gasteiger partial charge is 0.115 e. The predicted molar refractivity (Wildman–Crippen MR) is 78.9 cm³/mol. The first-order chi connectivity index (χ1) is 8.20. The van der Waals surface area contributed by atoms with E-state index in [0.29, 0.717) is 11.5 Å². The summed E-state index contributed by atoms with van der Waals surface area (Å²) in [5, 5.41) is 17.3. The molecule has 0 fully saturated rings. The highest BCUT2D eigenvalue weighted by atomic mass is 16.3. The van der Waals surface area contributed by atoms with E-state index in [0.717, 1.165) is 0 Å². The maximum absolute atomic E-state index is 8.63. The van der Waals surface area contributed by atoms with Gasteiger partial charge in [0.25, 0.3) is 0 Å². The van der Waals surface area contributed by atoms with Gasteiger partial charge < -0.3 is 10.2 Å². The number of phenols is 2. The second-order valence-corrected chi connectivity index (χ2v) is 3.38. The maximum atomic E-state index is 8.63. The van der Waals surface area contributed by atoms with Gasteiger partial charge in [-0.2, -0.15) is 0 Å². The Balaban J connectivity index is 0. The largest absolute Gasteiger partial charge is 0.508 e. The summed E-state index contributed by atoms with van der Waals surface area (Å²) in [4.78, 5) is 0. The molecule has 0 saturated heterocycles. The van der Waals surface area contributed by atoms with Crippen LogP contribution in [-0.4, -0.2) is 10.2 Å². The standard InChI is InChI=1S/2C6H6O.C3H8.CH4/c2*7-6-4-2-1-3-5-6;1-3-2;/h2*1-5,7H;3H2,1-2H3;1H4. The van der Waals surface area contributed by atoms with Gasteiger partial charge in [-0.1, -0.05) is 64.1 Å². The molecule has 2 nitrogen and oxygen atoms in total. The van der Waals surface area contributed by atoms with Crippen molar-refractivity contribution in [1.29, 1.82) is 0 Å². The van der Waals surface area contributed by atoms with Crippen molar-refractivity contribution in [3.05, 3.63) is 60.7 Å². The van der Waals surface area contributed by atoms with E-state index < -0.39 is 0 Å². The lowest BCUT2D eigenvalue weighted by Crippen LogP contribution is -1.56. The van der Waals surface area contributed by atoms with Gasteiger partial charge in [-0.3, -0.25) is 0 Å². The van der Waals surface area contributed by atoms with Crippen LogP contribution in [0.5, 0.6) is 11.5 Å². The molecular weight excluding hydrogens is 224 g/mol. The first kappa shape index (κ1) is 18.4. The van der Waals surface area contributed by atoms with Crippen molar-refractivity contribution in [2.75, 3.05) is 0 Å². The van der Waals surface area contributed by atoms with Gasteiger partial charge in [-0.25, -0.2) is 0 Å². The van der Waals surface area contributed by atoms with Crippen LogP contribution in [0.4, 0.5) is 0 Å². The van der Waals surface area contributed by atoms with E-state index in [4.69, 9.17) is 10.2 Å². The number of phenolic OH excluding ortho intramolecular Hbond substituents is 2. The number of aromatic hydroxyl groups is 2. The molecule has 0 aromatic heterocycles. The predicted octanol–water partition coefficient (Wildman–Crippen LogP) is 4.84. The van der Waals surface area contributed by atoms with Gasteiger partial charge in [-0.15, -0.1) is 0 Å². The SMILES string of the molecule is C.CCC.Oc1ccccc1.Oc1ccccc1. The molecule has 0 unspecified atom stereocenters. The van der Waals surface area contributed by atoms with Crippen LogP contribution in [0.1, 0.15) is 27.7 Å². The van der Waals surface area contributed by atoms with E-state index in [1.807, 2.05) is 12.1 Å². The van der Waals surface area contributed by atoms with Gasteiger partial charge in [0.05, 0.1) is 0 Å². The Morgan fingerprint density at radius 1 is 0.667 bits per heavy atom. The van der Waals surface area contributed by atoms with Crippen LogP contribution in [0.15, 0.2) is 60.7 Å². The Morgan fingerprint density at radius 2 is 0.889 bits per heavy atom. The van der Waals surface area contributed by atoms with E-state index in [1.54, 1.807) is 48.5 Å². The number of rotatable bonds is 0. The molecule has 2 rings (SSSR count). The Hall–Kier alpha value is -1.96. The summed E-state index contributed by atoms with van der Waals surface area (Å²) in [6.07, 6.45) is 1.25. The molecule has 0 radical (unpaired) electrons. The van der Waals surface area contributed by atoms with E-state index in [-0.39, 0.29) is 7.43 Å². The second kappa shape index (κ2) is 13.1. The third-order valence-electron chi connectivity index (χ3n) is 1.51. The molecule has 100 valence electrons. The topological polar surface area (TPSA) is 40.5 Å². The van der Waals surface area contributed by atoms with Crippen LogP contribution in [0.3, 0.4) is 0 Å². The molecule has 0 atom stereocenters. The van der Waals surface area contributed by atoms with E-state index >= 15 is 0 Å². The van der Waals surface area contributed by atoms with Crippen LogP contribution < -0.4 is 0 Å². The molecule has 2 aromatic carbocycles. The lowest BCUT2D eigenvalue weighted by molar-refractivity contribution is 0.475. The van der Waals surface area contributed by atoms with Gasteiger partial charge in [0, 0.05) is 0 Å². The molecule has 0 aliphatic rings. The monoisotopic (exact) mass is 248 g/mol. The molecule has 0 saturated carbocycles. The fourth-order valence-electron chi connectivity index (χ4n) is 0.856. The first-order valence-electron chi connectivity index (χ1n) is 5.68. The van der Waals surface area contributed by atoms with E-state index in [2.05, 4.69) is 13.8 Å². The Labute approximate surface area is 111 Å². The van der Waals surface area contributed by atoms with Crippen molar-refractivity contribution in [2.45, 2.75) is 27.7 Å². The molecule has 2 N–H and O–H groups in total. The molecule has 0 spiro atoms. The lowest BCUT2D eigenvalue weighted by Gasteiger charge is -1.82. The van der Waals surface area contributed by atoms with Crippen molar-refractivity contribution < 1.29 is 10.2 Å². The third kappa shape index (κ3) is 12.1. The van der Waals surface area contributed by atoms with Gasteiger partial charge >= 0.3 is 0 Å². The highest BCUT2D eigenvalue weighted by Crippen LogP contribution is 2.03. The molecule has 2 heteroatoms. The van der Waals surface area contributed by atoms with Crippen molar-refractivity contribution in [3.8, 4) is 11.5 Å². The molecule has 2 aromatic rings. The van der Waals surface area contributed by atoms with E-state index in [1.165, 1.54) is 6.42 Å². The number of para-hydroxylation sites is 2. The van der Waals surface area contributed by atoms with Crippen LogP contribution in [0.2, 0.25) is 0 Å². The number of hydrogen-bond donors (Lipinski definition) is 2. The molecule has 0 amide bonds. The van der Waals surface area contributed by atoms with Crippen LogP contribution >= 0.6 is 0 Å². The second-order valence-electron chi connectivity index (χ2n) is 3.38. The van der Waals surface area contributed by atoms with Crippen molar-refractivity contribution in [1.82, 2.24) is 0 Å². The minimum absolute atomic E-state index is 0. The van der Waals surface area contributed by atoms with Crippen LogP contribution in [-0.2, 0) is 0 Å².